The molecule has 0 spiro atoms. The van der Waals surface area contributed by atoms with Gasteiger partial charge in [0.15, 0.2) is 0 Å². The molecule has 1 atom stereocenters. The SMILES string of the molecule is CC(C)(O)[C@@H](O)C(=O)[O-]. The van der Waals surface area contributed by atoms with Gasteiger partial charge in [-0.05, 0) is 13.8 Å². The summed E-state index contributed by atoms with van der Waals surface area (Å²) in [4.78, 5) is 9.82. The third-order valence-corrected chi connectivity index (χ3v) is 0.892. The zero-order chi connectivity index (χ0) is 7.65. The Morgan fingerprint density at radius 1 is 1.67 bits per heavy atom. The van der Waals surface area contributed by atoms with Crippen molar-refractivity contribution in [1.82, 2.24) is 0 Å². The van der Waals surface area contributed by atoms with E-state index in [1.165, 1.54) is 13.8 Å². The van der Waals surface area contributed by atoms with Gasteiger partial charge in [0.1, 0.15) is 6.10 Å². The summed E-state index contributed by atoms with van der Waals surface area (Å²) in [5.41, 5.74) is -1.63. The number of carboxylic acids is 1. The zero-order valence-electron chi connectivity index (χ0n) is 5.29. The largest absolute Gasteiger partial charge is 0.547 e. The first kappa shape index (κ1) is 8.39. The molecular weight excluding hydrogens is 124 g/mol. The monoisotopic (exact) mass is 133 g/mol. The second kappa shape index (κ2) is 2.33. The third-order valence-electron chi connectivity index (χ3n) is 0.892. The molecule has 0 aliphatic carbocycles. The predicted molar refractivity (Wildman–Crippen MR) is 27.3 cm³/mol. The Bertz CT molecular complexity index is 113. The highest BCUT2D eigenvalue weighted by Gasteiger charge is 2.24. The van der Waals surface area contributed by atoms with Crippen LogP contribution in [0.4, 0.5) is 0 Å². The Balaban J connectivity index is 4.04. The highest BCUT2D eigenvalue weighted by molar-refractivity contribution is 5.71. The van der Waals surface area contributed by atoms with Gasteiger partial charge in [-0.1, -0.05) is 0 Å². The Kier molecular flexibility index (Phi) is 2.17. The van der Waals surface area contributed by atoms with Crippen LogP contribution < -0.4 is 5.11 Å². The number of aliphatic hydroxyl groups is 2. The van der Waals surface area contributed by atoms with E-state index in [-0.39, 0.29) is 0 Å². The molecule has 0 aliphatic rings. The van der Waals surface area contributed by atoms with Crippen molar-refractivity contribution >= 4 is 5.97 Å². The molecule has 4 heteroatoms. The number of hydrogen-bond donors (Lipinski definition) is 2. The van der Waals surface area contributed by atoms with Gasteiger partial charge < -0.3 is 20.1 Å². The standard InChI is InChI=1S/C5H10O4/c1-5(2,9)3(6)4(7)8/h3,6,9H,1-2H3,(H,7,8)/p-1/t3-/m0/s1. The Morgan fingerprint density at radius 2 is 2.00 bits per heavy atom. The lowest BCUT2D eigenvalue weighted by Crippen LogP contribution is -2.48. The Labute approximate surface area is 52.7 Å². The van der Waals surface area contributed by atoms with E-state index in [1.54, 1.807) is 0 Å². The number of carbonyl (C=O) groups excluding carboxylic acids is 1. The first-order valence-corrected chi connectivity index (χ1v) is 2.47. The van der Waals surface area contributed by atoms with Crippen LogP contribution in [-0.4, -0.2) is 27.9 Å². The first-order chi connectivity index (χ1) is 3.85. The van der Waals surface area contributed by atoms with Crippen LogP contribution in [0.1, 0.15) is 13.8 Å². The maximum Gasteiger partial charge on any atom is 0.121 e. The molecule has 9 heavy (non-hydrogen) atoms. The summed E-state index contributed by atoms with van der Waals surface area (Å²) in [5, 5.41) is 27.2. The minimum Gasteiger partial charge on any atom is -0.547 e. The summed E-state index contributed by atoms with van der Waals surface area (Å²) >= 11 is 0. The Hall–Kier alpha value is -0.610. The lowest BCUT2D eigenvalue weighted by Gasteiger charge is -2.24. The van der Waals surface area contributed by atoms with Crippen LogP contribution in [0.5, 0.6) is 0 Å². The van der Waals surface area contributed by atoms with E-state index in [1.807, 2.05) is 0 Å². The number of carboxylic acid groups (broad SMARTS) is 1. The molecule has 0 saturated carbocycles. The highest BCUT2D eigenvalue weighted by atomic mass is 16.4. The fourth-order valence-electron chi connectivity index (χ4n) is 0.288. The maximum absolute atomic E-state index is 9.82. The van der Waals surface area contributed by atoms with Crippen LogP contribution in [0.3, 0.4) is 0 Å². The maximum atomic E-state index is 9.82. The van der Waals surface area contributed by atoms with Gasteiger partial charge in [0.05, 0.1) is 11.6 Å². The van der Waals surface area contributed by atoms with Crippen molar-refractivity contribution in [3.63, 3.8) is 0 Å². The summed E-state index contributed by atoms with van der Waals surface area (Å²) in [6.07, 6.45) is -1.82. The fraction of sp³-hybridized carbons (Fsp3) is 0.800. The van der Waals surface area contributed by atoms with Crippen LogP contribution in [0.25, 0.3) is 0 Å². The van der Waals surface area contributed by atoms with E-state index in [2.05, 4.69) is 0 Å². The number of hydrogen-bond acceptors (Lipinski definition) is 4. The van der Waals surface area contributed by atoms with Crippen LogP contribution in [-0.2, 0) is 4.79 Å². The van der Waals surface area contributed by atoms with Gasteiger partial charge in [-0.25, -0.2) is 0 Å². The normalized spacial score (nSPS) is 15.1. The molecule has 0 aromatic heterocycles. The summed E-state index contributed by atoms with van der Waals surface area (Å²) in [6, 6.07) is 0. The van der Waals surface area contributed by atoms with Gasteiger partial charge >= 0.3 is 0 Å². The lowest BCUT2D eigenvalue weighted by atomic mass is 10.0. The summed E-state index contributed by atoms with van der Waals surface area (Å²) in [5.74, 6) is -1.66. The van der Waals surface area contributed by atoms with Gasteiger partial charge in [-0.2, -0.15) is 0 Å². The summed E-state index contributed by atoms with van der Waals surface area (Å²) < 4.78 is 0. The van der Waals surface area contributed by atoms with Crippen molar-refractivity contribution in [2.24, 2.45) is 0 Å². The topological polar surface area (TPSA) is 80.6 Å². The molecule has 4 nitrogen and oxygen atoms in total. The van der Waals surface area contributed by atoms with E-state index in [0.717, 1.165) is 0 Å². The third kappa shape index (κ3) is 2.43. The van der Waals surface area contributed by atoms with Gasteiger partial charge in [0, 0.05) is 0 Å². The highest BCUT2D eigenvalue weighted by Crippen LogP contribution is 2.06. The van der Waals surface area contributed by atoms with E-state index < -0.39 is 17.7 Å². The average Bonchev–Trinajstić information content (AvgIpc) is 1.62. The van der Waals surface area contributed by atoms with Crippen molar-refractivity contribution in [2.45, 2.75) is 25.6 Å². The molecule has 0 fully saturated rings. The molecule has 0 rings (SSSR count). The first-order valence-electron chi connectivity index (χ1n) is 2.47. The molecule has 0 unspecified atom stereocenters. The van der Waals surface area contributed by atoms with Crippen LogP contribution in [0, 0.1) is 0 Å². The number of aliphatic hydroxyl groups excluding tert-OH is 1. The minimum absolute atomic E-state index is 1.19. The predicted octanol–water partition coefficient (Wildman–Crippen LogP) is -2.13. The van der Waals surface area contributed by atoms with Gasteiger partial charge in [-0.15, -0.1) is 0 Å². The molecule has 0 aromatic carbocycles. The van der Waals surface area contributed by atoms with Crippen molar-refractivity contribution in [2.75, 3.05) is 0 Å². The van der Waals surface area contributed by atoms with E-state index in [4.69, 9.17) is 10.2 Å². The van der Waals surface area contributed by atoms with Gasteiger partial charge in [-0.3, -0.25) is 0 Å². The molecule has 54 valence electrons. The molecule has 0 radical (unpaired) electrons. The molecule has 0 saturated heterocycles. The van der Waals surface area contributed by atoms with Gasteiger partial charge in [0.25, 0.3) is 0 Å². The Morgan fingerprint density at radius 3 is 2.00 bits per heavy atom. The van der Waals surface area contributed by atoms with Crippen molar-refractivity contribution in [3.8, 4) is 0 Å². The number of rotatable bonds is 2. The average molecular weight is 133 g/mol. The van der Waals surface area contributed by atoms with E-state index in [9.17, 15) is 9.90 Å². The summed E-state index contributed by atoms with van der Waals surface area (Å²) in [7, 11) is 0. The second-order valence-corrected chi connectivity index (χ2v) is 2.38. The molecule has 0 amide bonds. The van der Waals surface area contributed by atoms with Gasteiger partial charge in [0.2, 0.25) is 0 Å². The minimum atomic E-state index is -1.82. The zero-order valence-corrected chi connectivity index (χ0v) is 5.29. The van der Waals surface area contributed by atoms with Crippen molar-refractivity contribution < 1.29 is 20.1 Å². The molecular formula is C5H9O4-. The van der Waals surface area contributed by atoms with Crippen molar-refractivity contribution in [1.29, 1.82) is 0 Å². The lowest BCUT2D eigenvalue weighted by molar-refractivity contribution is -0.321. The molecule has 0 aliphatic heterocycles. The quantitative estimate of drug-likeness (QED) is 0.451. The van der Waals surface area contributed by atoms with E-state index >= 15 is 0 Å². The van der Waals surface area contributed by atoms with E-state index in [0.29, 0.717) is 0 Å². The molecule has 0 bridgehead atoms. The second-order valence-electron chi connectivity index (χ2n) is 2.38. The van der Waals surface area contributed by atoms with Crippen molar-refractivity contribution in [3.05, 3.63) is 0 Å². The van der Waals surface area contributed by atoms with Crippen LogP contribution in [0.2, 0.25) is 0 Å². The number of carbonyl (C=O) groups is 1. The molecule has 2 N–H and O–H groups in total. The molecule has 0 aromatic rings. The molecule has 0 heterocycles. The summed E-state index contributed by atoms with van der Waals surface area (Å²) in [6.45, 7) is 2.38. The fourth-order valence-corrected chi connectivity index (χ4v) is 0.288. The van der Waals surface area contributed by atoms with Crippen LogP contribution in [0.15, 0.2) is 0 Å². The number of aliphatic carboxylic acids is 1. The smallest absolute Gasteiger partial charge is 0.121 e. The van der Waals surface area contributed by atoms with Crippen LogP contribution >= 0.6 is 0 Å².